The maximum absolute atomic E-state index is 13.1. The summed E-state index contributed by atoms with van der Waals surface area (Å²) >= 11 is 0. The summed E-state index contributed by atoms with van der Waals surface area (Å²) in [6.45, 7) is 4.16. The van der Waals surface area contributed by atoms with E-state index in [2.05, 4.69) is 20.5 Å². The van der Waals surface area contributed by atoms with E-state index in [4.69, 9.17) is 0 Å². The molecule has 0 bridgehead atoms. The number of aryl methyl sites for hydroxylation is 1. The highest BCUT2D eigenvalue weighted by atomic mass is 16.2. The number of para-hydroxylation sites is 2. The zero-order chi connectivity index (χ0) is 20.7. The number of rotatable bonds is 4. The third kappa shape index (κ3) is 3.41. The van der Waals surface area contributed by atoms with Crippen LogP contribution in [-0.4, -0.2) is 57.5 Å². The average molecular weight is 403 g/mol. The topological polar surface area (TPSA) is 41.4 Å². The number of benzene rings is 2. The van der Waals surface area contributed by atoms with E-state index in [9.17, 15) is 4.79 Å². The molecule has 2 aromatic carbocycles. The third-order valence-corrected chi connectivity index (χ3v) is 7.00. The number of aromatic nitrogens is 2. The molecular formula is C25H30N4O. The first-order chi connectivity index (χ1) is 14.6. The van der Waals surface area contributed by atoms with Crippen LogP contribution in [0.15, 0.2) is 48.5 Å². The van der Waals surface area contributed by atoms with E-state index in [1.165, 1.54) is 25.7 Å². The molecule has 1 amide bonds. The lowest BCUT2D eigenvalue weighted by Crippen LogP contribution is -2.40. The smallest absolute Gasteiger partial charge is 0.253 e. The van der Waals surface area contributed by atoms with Crippen LogP contribution in [0.4, 0.5) is 0 Å². The maximum atomic E-state index is 13.1. The van der Waals surface area contributed by atoms with Gasteiger partial charge in [-0.2, -0.15) is 0 Å². The number of likely N-dealkylation sites (tertiary alicyclic amines) is 1. The second-order valence-electron chi connectivity index (χ2n) is 8.82. The molecule has 1 atom stereocenters. The Morgan fingerprint density at radius 3 is 2.53 bits per heavy atom. The standard InChI is InChI=1S/C25H30N4O/c1-18-26-23-9-5-6-10-24(23)29(18)21-13-11-19(12-14-21)25(30)27(2)22-15-16-28(17-22)20-7-3-4-8-20/h5-6,9-14,20,22H,3-4,7-8,15-17H2,1-2H3/t22-/m1/s1. The van der Waals surface area contributed by atoms with Crippen molar-refractivity contribution in [2.75, 3.05) is 20.1 Å². The van der Waals surface area contributed by atoms with Crippen molar-refractivity contribution in [3.05, 3.63) is 59.9 Å². The van der Waals surface area contributed by atoms with Crippen LogP contribution in [0.2, 0.25) is 0 Å². The summed E-state index contributed by atoms with van der Waals surface area (Å²) in [5.74, 6) is 1.07. The molecule has 156 valence electrons. The van der Waals surface area contributed by atoms with Gasteiger partial charge in [0.2, 0.25) is 0 Å². The fraction of sp³-hybridized carbons (Fsp3) is 0.440. The molecule has 30 heavy (non-hydrogen) atoms. The molecule has 0 unspecified atom stereocenters. The maximum Gasteiger partial charge on any atom is 0.253 e. The van der Waals surface area contributed by atoms with Gasteiger partial charge in [0.1, 0.15) is 5.82 Å². The van der Waals surface area contributed by atoms with Gasteiger partial charge in [0.25, 0.3) is 5.91 Å². The Labute approximate surface area is 178 Å². The van der Waals surface area contributed by atoms with Gasteiger partial charge in [0, 0.05) is 43.5 Å². The van der Waals surface area contributed by atoms with Crippen LogP contribution in [0.5, 0.6) is 0 Å². The molecule has 0 radical (unpaired) electrons. The highest BCUT2D eigenvalue weighted by Crippen LogP contribution is 2.28. The van der Waals surface area contributed by atoms with Crippen molar-refractivity contribution in [1.82, 2.24) is 19.4 Å². The molecule has 1 saturated carbocycles. The third-order valence-electron chi connectivity index (χ3n) is 7.00. The first-order valence-corrected chi connectivity index (χ1v) is 11.2. The quantitative estimate of drug-likeness (QED) is 0.649. The van der Waals surface area contributed by atoms with Crippen LogP contribution < -0.4 is 0 Å². The molecule has 2 aliphatic rings. The molecule has 5 heteroatoms. The summed E-state index contributed by atoms with van der Waals surface area (Å²) in [6, 6.07) is 17.2. The fourth-order valence-electron chi connectivity index (χ4n) is 5.28. The van der Waals surface area contributed by atoms with Gasteiger partial charge in [-0.3, -0.25) is 14.3 Å². The monoisotopic (exact) mass is 402 g/mol. The van der Waals surface area contributed by atoms with Gasteiger partial charge in [-0.05, 0) is 62.6 Å². The second kappa shape index (κ2) is 7.88. The molecule has 5 nitrogen and oxygen atoms in total. The zero-order valence-corrected chi connectivity index (χ0v) is 17.9. The predicted molar refractivity (Wildman–Crippen MR) is 120 cm³/mol. The highest BCUT2D eigenvalue weighted by molar-refractivity contribution is 5.94. The van der Waals surface area contributed by atoms with Crippen molar-refractivity contribution in [2.24, 2.45) is 0 Å². The van der Waals surface area contributed by atoms with Gasteiger partial charge < -0.3 is 4.90 Å². The van der Waals surface area contributed by atoms with E-state index >= 15 is 0 Å². The van der Waals surface area contributed by atoms with Crippen molar-refractivity contribution in [3.63, 3.8) is 0 Å². The lowest BCUT2D eigenvalue weighted by molar-refractivity contribution is 0.0730. The number of imidazole rings is 1. The summed E-state index contributed by atoms with van der Waals surface area (Å²) in [6.07, 6.45) is 6.46. The summed E-state index contributed by atoms with van der Waals surface area (Å²) in [5, 5.41) is 0. The number of carbonyl (C=O) groups is 1. The van der Waals surface area contributed by atoms with Gasteiger partial charge >= 0.3 is 0 Å². The minimum absolute atomic E-state index is 0.118. The average Bonchev–Trinajstić information content (AvgIpc) is 3.51. The molecule has 3 aromatic rings. The van der Waals surface area contributed by atoms with Gasteiger partial charge in [-0.25, -0.2) is 4.98 Å². The number of carbonyl (C=O) groups excluding carboxylic acids is 1. The van der Waals surface area contributed by atoms with Crippen LogP contribution in [0.1, 0.15) is 48.3 Å². The molecule has 2 fully saturated rings. The van der Waals surface area contributed by atoms with E-state index in [1.54, 1.807) is 0 Å². The lowest BCUT2D eigenvalue weighted by atomic mass is 10.1. The van der Waals surface area contributed by atoms with E-state index in [-0.39, 0.29) is 5.91 Å². The lowest BCUT2D eigenvalue weighted by Gasteiger charge is -2.27. The predicted octanol–water partition coefficient (Wildman–Crippen LogP) is 4.42. The largest absolute Gasteiger partial charge is 0.337 e. The summed E-state index contributed by atoms with van der Waals surface area (Å²) in [4.78, 5) is 22.3. The first-order valence-electron chi connectivity index (χ1n) is 11.2. The fourth-order valence-corrected chi connectivity index (χ4v) is 5.28. The Morgan fingerprint density at radius 2 is 1.77 bits per heavy atom. The Kier molecular flexibility index (Phi) is 5.07. The molecule has 1 aliphatic heterocycles. The van der Waals surface area contributed by atoms with E-state index in [0.29, 0.717) is 6.04 Å². The molecule has 0 N–H and O–H groups in total. The number of amides is 1. The Morgan fingerprint density at radius 1 is 1.03 bits per heavy atom. The Bertz CT molecular complexity index is 1050. The second-order valence-corrected chi connectivity index (χ2v) is 8.82. The summed E-state index contributed by atoms with van der Waals surface area (Å²) in [7, 11) is 1.96. The number of likely N-dealkylation sites (N-methyl/N-ethyl adjacent to an activating group) is 1. The molecule has 1 saturated heterocycles. The molecule has 1 aliphatic carbocycles. The van der Waals surface area contributed by atoms with Crippen molar-refractivity contribution in [2.45, 2.75) is 51.1 Å². The highest BCUT2D eigenvalue weighted by Gasteiger charge is 2.33. The van der Waals surface area contributed by atoms with Gasteiger partial charge in [0.15, 0.2) is 0 Å². The van der Waals surface area contributed by atoms with Gasteiger partial charge in [-0.15, -0.1) is 0 Å². The number of hydrogen-bond acceptors (Lipinski definition) is 3. The van der Waals surface area contributed by atoms with Crippen LogP contribution in [0, 0.1) is 6.92 Å². The zero-order valence-electron chi connectivity index (χ0n) is 17.9. The molecule has 1 aromatic heterocycles. The van der Waals surface area contributed by atoms with Crippen LogP contribution in [-0.2, 0) is 0 Å². The molecule has 0 spiro atoms. The number of hydrogen-bond donors (Lipinski definition) is 0. The van der Waals surface area contributed by atoms with Gasteiger partial charge in [-0.1, -0.05) is 25.0 Å². The summed E-state index contributed by atoms with van der Waals surface area (Å²) in [5.41, 5.74) is 3.86. The van der Waals surface area contributed by atoms with Crippen LogP contribution in [0.3, 0.4) is 0 Å². The molecule has 2 heterocycles. The minimum Gasteiger partial charge on any atom is -0.337 e. The van der Waals surface area contributed by atoms with Crippen LogP contribution in [0.25, 0.3) is 16.7 Å². The van der Waals surface area contributed by atoms with E-state index in [1.807, 2.05) is 61.3 Å². The van der Waals surface area contributed by atoms with E-state index < -0.39 is 0 Å². The number of nitrogens with zero attached hydrogens (tertiary/aromatic N) is 4. The minimum atomic E-state index is 0.118. The van der Waals surface area contributed by atoms with Crippen molar-refractivity contribution >= 4 is 16.9 Å². The van der Waals surface area contributed by atoms with Crippen LogP contribution >= 0.6 is 0 Å². The van der Waals surface area contributed by atoms with Crippen molar-refractivity contribution in [1.29, 1.82) is 0 Å². The Balaban J connectivity index is 1.31. The SMILES string of the molecule is Cc1nc2ccccc2n1-c1ccc(C(=O)N(C)[C@@H]2CCN(C3CCCC3)C2)cc1. The number of fused-ring (bicyclic) bond motifs is 1. The van der Waals surface area contributed by atoms with Crippen molar-refractivity contribution in [3.8, 4) is 5.69 Å². The van der Waals surface area contributed by atoms with E-state index in [0.717, 1.165) is 53.7 Å². The normalized spacial score (nSPS) is 20.3. The summed E-state index contributed by atoms with van der Waals surface area (Å²) < 4.78 is 2.14. The first kappa shape index (κ1) is 19.3. The van der Waals surface area contributed by atoms with Gasteiger partial charge in [0.05, 0.1) is 11.0 Å². The van der Waals surface area contributed by atoms with Crippen molar-refractivity contribution < 1.29 is 4.79 Å². The molecule has 5 rings (SSSR count). The Hall–Kier alpha value is -2.66. The molecular weight excluding hydrogens is 372 g/mol.